The van der Waals surface area contributed by atoms with Crippen LogP contribution in [0.2, 0.25) is 0 Å². The van der Waals surface area contributed by atoms with E-state index in [2.05, 4.69) is 30.1 Å². The molecule has 0 aliphatic carbocycles. The molecule has 2 unspecified atom stereocenters. The molecule has 1 aliphatic rings. The number of nitrogens with one attached hydrogen (secondary N) is 1. The first-order valence-electron chi connectivity index (χ1n) is 9.29. The van der Waals surface area contributed by atoms with Crippen molar-refractivity contribution in [3.63, 3.8) is 0 Å². The summed E-state index contributed by atoms with van der Waals surface area (Å²) in [5.41, 5.74) is 2.02. The largest absolute Gasteiger partial charge is 0.309 e. The minimum Gasteiger partial charge on any atom is -0.309 e. The summed E-state index contributed by atoms with van der Waals surface area (Å²) in [6.07, 6.45) is 0. The summed E-state index contributed by atoms with van der Waals surface area (Å²) in [4.78, 5) is 15.7. The van der Waals surface area contributed by atoms with Gasteiger partial charge in [0.15, 0.2) is 0 Å². The van der Waals surface area contributed by atoms with Gasteiger partial charge in [-0.05, 0) is 43.5 Å². The quantitative estimate of drug-likeness (QED) is 0.791. The van der Waals surface area contributed by atoms with Gasteiger partial charge in [-0.2, -0.15) is 0 Å². The van der Waals surface area contributed by atoms with Crippen LogP contribution in [0.4, 0.5) is 0 Å². The number of hydrogen-bond acceptors (Lipinski definition) is 3. The lowest BCUT2D eigenvalue weighted by molar-refractivity contribution is 0.164. The first-order valence-corrected chi connectivity index (χ1v) is 9.29. The number of hydrogen-bond donors (Lipinski definition) is 1. The lowest BCUT2D eigenvalue weighted by Crippen LogP contribution is -2.54. The molecule has 2 atom stereocenters. The van der Waals surface area contributed by atoms with Crippen LogP contribution >= 0.6 is 0 Å². The number of benzene rings is 2. The normalized spacial score (nSPS) is 21.2. The van der Waals surface area contributed by atoms with E-state index in [0.29, 0.717) is 12.1 Å². The van der Waals surface area contributed by atoms with E-state index < -0.39 is 0 Å². The Labute approximate surface area is 154 Å². The van der Waals surface area contributed by atoms with Crippen molar-refractivity contribution in [2.75, 3.05) is 13.1 Å². The van der Waals surface area contributed by atoms with Crippen LogP contribution in [-0.2, 0) is 6.54 Å². The Balaban J connectivity index is 1.83. The second-order valence-electron chi connectivity index (χ2n) is 7.36. The van der Waals surface area contributed by atoms with Gasteiger partial charge >= 0.3 is 0 Å². The summed E-state index contributed by atoms with van der Waals surface area (Å²) in [6.45, 7) is 7.17. The van der Waals surface area contributed by atoms with Gasteiger partial charge in [-0.15, -0.1) is 0 Å². The molecule has 1 aromatic heterocycles. The Hall–Kier alpha value is -2.43. The van der Waals surface area contributed by atoms with Crippen LogP contribution in [0, 0.1) is 0 Å². The topological polar surface area (TPSA) is 37.3 Å². The van der Waals surface area contributed by atoms with Gasteiger partial charge in [0.1, 0.15) is 0 Å². The fourth-order valence-corrected chi connectivity index (χ4v) is 4.09. The van der Waals surface area contributed by atoms with E-state index in [1.54, 1.807) is 0 Å². The van der Waals surface area contributed by atoms with Gasteiger partial charge < -0.3 is 5.32 Å². The van der Waals surface area contributed by atoms with Gasteiger partial charge in [-0.3, -0.25) is 14.3 Å². The number of rotatable bonds is 3. The maximum absolute atomic E-state index is 13.3. The Morgan fingerprint density at radius 2 is 1.62 bits per heavy atom. The molecule has 2 heterocycles. The Kier molecular flexibility index (Phi) is 4.62. The van der Waals surface area contributed by atoms with Gasteiger partial charge in [-0.1, -0.05) is 36.4 Å². The lowest BCUT2D eigenvalue weighted by atomic mass is 10.1. The maximum Gasteiger partial charge on any atom is 0.263 e. The average molecular weight is 347 g/mol. The molecule has 134 valence electrons. The number of para-hydroxylation sites is 1. The summed E-state index contributed by atoms with van der Waals surface area (Å²) >= 11 is 0. The highest BCUT2D eigenvalue weighted by Crippen LogP contribution is 2.18. The van der Waals surface area contributed by atoms with E-state index in [4.69, 9.17) is 0 Å². The number of nitrogens with zero attached hydrogens (tertiary/aromatic N) is 2. The summed E-state index contributed by atoms with van der Waals surface area (Å²) in [5.74, 6) is 0. The second-order valence-corrected chi connectivity index (χ2v) is 7.36. The highest BCUT2D eigenvalue weighted by molar-refractivity contribution is 5.82. The molecule has 1 saturated heterocycles. The summed E-state index contributed by atoms with van der Waals surface area (Å²) in [6, 6.07) is 20.9. The molecule has 3 aromatic rings. The van der Waals surface area contributed by atoms with Crippen molar-refractivity contribution in [2.45, 2.75) is 32.5 Å². The molecule has 0 radical (unpaired) electrons. The van der Waals surface area contributed by atoms with E-state index in [1.807, 2.05) is 59.2 Å². The number of aromatic nitrogens is 1. The van der Waals surface area contributed by atoms with Gasteiger partial charge in [0.05, 0.1) is 0 Å². The van der Waals surface area contributed by atoms with E-state index in [9.17, 15) is 4.79 Å². The average Bonchev–Trinajstić information content (AvgIpc) is 2.62. The highest BCUT2D eigenvalue weighted by atomic mass is 16.1. The van der Waals surface area contributed by atoms with Crippen LogP contribution in [-0.4, -0.2) is 34.6 Å². The van der Waals surface area contributed by atoms with Crippen LogP contribution in [0.25, 0.3) is 16.5 Å². The number of pyridine rings is 1. The predicted molar refractivity (Wildman–Crippen MR) is 107 cm³/mol. The lowest BCUT2D eigenvalue weighted by Gasteiger charge is -2.36. The monoisotopic (exact) mass is 347 g/mol. The minimum atomic E-state index is 0.0560. The van der Waals surface area contributed by atoms with Crippen LogP contribution in [0.3, 0.4) is 0 Å². The van der Waals surface area contributed by atoms with Gasteiger partial charge in [0, 0.05) is 48.5 Å². The zero-order chi connectivity index (χ0) is 18.1. The van der Waals surface area contributed by atoms with Crippen molar-refractivity contribution in [3.05, 3.63) is 76.7 Å². The van der Waals surface area contributed by atoms with Crippen molar-refractivity contribution in [1.82, 2.24) is 14.8 Å². The van der Waals surface area contributed by atoms with Crippen molar-refractivity contribution in [2.24, 2.45) is 0 Å². The zero-order valence-corrected chi connectivity index (χ0v) is 15.4. The van der Waals surface area contributed by atoms with Crippen LogP contribution in [0.1, 0.15) is 19.5 Å². The fourth-order valence-electron chi connectivity index (χ4n) is 4.09. The molecule has 0 amide bonds. The van der Waals surface area contributed by atoms with Gasteiger partial charge in [0.25, 0.3) is 5.56 Å². The van der Waals surface area contributed by atoms with E-state index in [1.165, 1.54) is 0 Å². The SMILES string of the molecule is CC1CN(Cc2cc3ccccc3c(=O)n2-c2ccccc2)CC(C)N1. The van der Waals surface area contributed by atoms with Crippen LogP contribution in [0.5, 0.6) is 0 Å². The molecule has 1 N–H and O–H groups in total. The molecular weight excluding hydrogens is 322 g/mol. The Morgan fingerprint density at radius 1 is 0.962 bits per heavy atom. The zero-order valence-electron chi connectivity index (χ0n) is 15.4. The maximum atomic E-state index is 13.3. The molecule has 1 fully saturated rings. The first kappa shape index (κ1) is 17.0. The molecule has 4 heteroatoms. The minimum absolute atomic E-state index is 0.0560. The third-order valence-electron chi connectivity index (χ3n) is 5.04. The predicted octanol–water partition coefficient (Wildman–Crippen LogP) is 3.17. The van der Waals surface area contributed by atoms with Crippen LogP contribution in [0.15, 0.2) is 65.5 Å². The number of piperazine rings is 1. The molecule has 0 saturated carbocycles. The molecule has 0 bridgehead atoms. The molecule has 4 rings (SSSR count). The number of fused-ring (bicyclic) bond motifs is 1. The van der Waals surface area contributed by atoms with E-state index >= 15 is 0 Å². The molecule has 0 spiro atoms. The smallest absolute Gasteiger partial charge is 0.263 e. The van der Waals surface area contributed by atoms with E-state index in [0.717, 1.165) is 41.8 Å². The second kappa shape index (κ2) is 7.06. The Morgan fingerprint density at radius 3 is 2.35 bits per heavy atom. The van der Waals surface area contributed by atoms with Crippen molar-refractivity contribution in [1.29, 1.82) is 0 Å². The summed E-state index contributed by atoms with van der Waals surface area (Å²) in [5, 5.41) is 5.35. The Bertz CT molecular complexity index is 954. The van der Waals surface area contributed by atoms with Crippen molar-refractivity contribution in [3.8, 4) is 5.69 Å². The third-order valence-corrected chi connectivity index (χ3v) is 5.04. The van der Waals surface area contributed by atoms with Gasteiger partial charge in [-0.25, -0.2) is 0 Å². The van der Waals surface area contributed by atoms with Crippen molar-refractivity contribution < 1.29 is 0 Å². The third kappa shape index (κ3) is 3.30. The van der Waals surface area contributed by atoms with Crippen molar-refractivity contribution >= 4 is 10.8 Å². The first-order chi connectivity index (χ1) is 12.6. The molecule has 26 heavy (non-hydrogen) atoms. The highest BCUT2D eigenvalue weighted by Gasteiger charge is 2.22. The van der Waals surface area contributed by atoms with E-state index in [-0.39, 0.29) is 5.56 Å². The standard InChI is InChI=1S/C22H25N3O/c1-16-13-24(14-17(2)23-16)15-20-12-18-8-6-7-11-21(18)22(26)25(20)19-9-4-3-5-10-19/h3-12,16-17,23H,13-15H2,1-2H3. The van der Waals surface area contributed by atoms with Gasteiger partial charge in [0.2, 0.25) is 0 Å². The summed E-state index contributed by atoms with van der Waals surface area (Å²) < 4.78 is 1.87. The fraction of sp³-hybridized carbons (Fsp3) is 0.318. The molecule has 4 nitrogen and oxygen atoms in total. The summed E-state index contributed by atoms with van der Waals surface area (Å²) in [7, 11) is 0. The molecular formula is C22H25N3O. The van der Waals surface area contributed by atoms with Crippen LogP contribution < -0.4 is 10.9 Å². The molecule has 1 aliphatic heterocycles. The molecule has 2 aromatic carbocycles.